The van der Waals surface area contributed by atoms with Gasteiger partial charge in [0.25, 0.3) is 0 Å². The zero-order valence-corrected chi connectivity index (χ0v) is 17.7. The molecule has 0 unspecified atom stereocenters. The SMILES string of the molecule is Cc1ccc(C(=O)[C@@H](C([S-])=NCc2ccc3c(c2)OCO3)[n+]2ccccc2)cc1C. The highest BCUT2D eigenvalue weighted by atomic mass is 32.1. The average Bonchev–Trinajstić information content (AvgIpc) is 3.23. The van der Waals surface area contributed by atoms with Gasteiger partial charge in [0, 0.05) is 17.7 Å². The van der Waals surface area contributed by atoms with Crippen LogP contribution in [-0.4, -0.2) is 17.6 Å². The minimum absolute atomic E-state index is 0.0752. The van der Waals surface area contributed by atoms with Crippen molar-refractivity contribution in [2.24, 2.45) is 4.99 Å². The second kappa shape index (κ2) is 8.63. The van der Waals surface area contributed by atoms with E-state index in [4.69, 9.17) is 22.1 Å². The minimum atomic E-state index is -0.683. The maximum atomic E-state index is 13.4. The van der Waals surface area contributed by atoms with Crippen LogP contribution in [-0.2, 0) is 19.2 Å². The Morgan fingerprint density at radius 1 is 1.03 bits per heavy atom. The van der Waals surface area contributed by atoms with Crippen LogP contribution in [0.5, 0.6) is 11.5 Å². The molecule has 0 amide bonds. The topological polar surface area (TPSA) is 51.8 Å². The molecule has 0 saturated heterocycles. The summed E-state index contributed by atoms with van der Waals surface area (Å²) in [7, 11) is 0. The number of aliphatic imine (C=N–C) groups is 1. The van der Waals surface area contributed by atoms with Gasteiger partial charge in [0.15, 0.2) is 23.9 Å². The predicted molar refractivity (Wildman–Crippen MR) is 117 cm³/mol. The number of Topliss-reactive ketones (excluding diaryl/α,β-unsaturated/α-hetero) is 1. The van der Waals surface area contributed by atoms with Crippen molar-refractivity contribution >= 4 is 23.5 Å². The fraction of sp³-hybridized carbons (Fsp3) is 0.208. The van der Waals surface area contributed by atoms with Crippen molar-refractivity contribution in [3.63, 3.8) is 0 Å². The van der Waals surface area contributed by atoms with E-state index in [1.165, 1.54) is 0 Å². The number of hydrogen-bond donors (Lipinski definition) is 0. The summed E-state index contributed by atoms with van der Waals surface area (Å²) in [6.07, 6.45) is 3.68. The zero-order chi connectivity index (χ0) is 21.1. The van der Waals surface area contributed by atoms with Gasteiger partial charge in [0.1, 0.15) is 0 Å². The first-order valence-electron chi connectivity index (χ1n) is 9.70. The lowest BCUT2D eigenvalue weighted by molar-refractivity contribution is -0.691. The molecule has 0 bridgehead atoms. The van der Waals surface area contributed by atoms with E-state index in [9.17, 15) is 4.79 Å². The van der Waals surface area contributed by atoms with Crippen molar-refractivity contribution in [3.05, 3.63) is 89.2 Å². The molecule has 0 spiro atoms. The number of rotatable bonds is 6. The van der Waals surface area contributed by atoms with E-state index in [0.29, 0.717) is 22.9 Å². The van der Waals surface area contributed by atoms with Crippen LogP contribution in [0.15, 0.2) is 72.0 Å². The van der Waals surface area contributed by atoms with Gasteiger partial charge >= 0.3 is 0 Å². The summed E-state index contributed by atoms with van der Waals surface area (Å²) in [5.41, 5.74) is 3.78. The number of benzene rings is 2. The smallest absolute Gasteiger partial charge is 0.237 e. The lowest BCUT2D eigenvalue weighted by Crippen LogP contribution is -2.47. The first-order valence-corrected chi connectivity index (χ1v) is 10.1. The van der Waals surface area contributed by atoms with Crippen LogP contribution in [0.3, 0.4) is 0 Å². The normalized spacial score (nSPS) is 13.9. The number of ketones is 1. The van der Waals surface area contributed by atoms with Crippen molar-refractivity contribution in [2.45, 2.75) is 26.4 Å². The first kappa shape index (κ1) is 20.0. The Kier molecular flexibility index (Phi) is 5.77. The van der Waals surface area contributed by atoms with Gasteiger partial charge in [-0.05, 0) is 53.8 Å². The van der Waals surface area contributed by atoms with Crippen LogP contribution in [0.4, 0.5) is 0 Å². The number of pyridine rings is 1. The highest BCUT2D eigenvalue weighted by molar-refractivity contribution is 7.77. The summed E-state index contributed by atoms with van der Waals surface area (Å²) in [5.74, 6) is 1.35. The summed E-state index contributed by atoms with van der Waals surface area (Å²) >= 11 is 5.63. The number of aromatic nitrogens is 1. The molecular weight excluding hydrogens is 396 g/mol. The van der Waals surface area contributed by atoms with Crippen LogP contribution in [0.25, 0.3) is 0 Å². The molecule has 0 radical (unpaired) electrons. The van der Waals surface area contributed by atoms with E-state index in [-0.39, 0.29) is 12.6 Å². The van der Waals surface area contributed by atoms with Gasteiger partial charge in [-0.3, -0.25) is 4.79 Å². The van der Waals surface area contributed by atoms with Crippen LogP contribution < -0.4 is 14.0 Å². The number of carbonyl (C=O) groups excluding carboxylic acids is 1. The maximum Gasteiger partial charge on any atom is 0.237 e. The molecule has 1 aromatic heterocycles. The third kappa shape index (κ3) is 4.19. The molecule has 152 valence electrons. The molecule has 1 atom stereocenters. The second-order valence-electron chi connectivity index (χ2n) is 7.23. The first-order chi connectivity index (χ1) is 14.5. The Balaban J connectivity index is 1.64. The second-order valence-corrected chi connectivity index (χ2v) is 7.65. The Morgan fingerprint density at radius 3 is 2.57 bits per heavy atom. The van der Waals surface area contributed by atoms with Crippen molar-refractivity contribution in [1.29, 1.82) is 0 Å². The van der Waals surface area contributed by atoms with Crippen LogP contribution in [0, 0.1) is 13.8 Å². The van der Waals surface area contributed by atoms with Gasteiger partial charge in [-0.2, -0.15) is 4.57 Å². The molecular formula is C24H22N2O3S. The molecule has 4 rings (SSSR count). The minimum Gasteiger partial charge on any atom is -0.758 e. The molecule has 5 nitrogen and oxygen atoms in total. The molecule has 3 aromatic rings. The van der Waals surface area contributed by atoms with Gasteiger partial charge in [-0.25, -0.2) is 0 Å². The Morgan fingerprint density at radius 2 is 1.80 bits per heavy atom. The lowest BCUT2D eigenvalue weighted by Gasteiger charge is -2.19. The molecule has 6 heteroatoms. The number of ether oxygens (including phenoxy) is 2. The quantitative estimate of drug-likeness (QED) is 0.200. The number of hydrogen-bond acceptors (Lipinski definition) is 5. The van der Waals surface area contributed by atoms with Gasteiger partial charge < -0.3 is 27.1 Å². The lowest BCUT2D eigenvalue weighted by atomic mass is 9.99. The number of nitrogens with zero attached hydrogens (tertiary/aromatic N) is 2. The predicted octanol–water partition coefficient (Wildman–Crippen LogP) is 3.89. The largest absolute Gasteiger partial charge is 0.758 e. The third-order valence-electron chi connectivity index (χ3n) is 5.16. The summed E-state index contributed by atoms with van der Waals surface area (Å²) in [6, 6.07) is 16.4. The number of aryl methyl sites for hydroxylation is 2. The van der Waals surface area contributed by atoms with E-state index >= 15 is 0 Å². The van der Waals surface area contributed by atoms with E-state index in [2.05, 4.69) is 4.99 Å². The highest BCUT2D eigenvalue weighted by Crippen LogP contribution is 2.32. The van der Waals surface area contributed by atoms with Crippen LogP contribution in [0.1, 0.15) is 33.1 Å². The van der Waals surface area contributed by atoms with Crippen molar-refractivity contribution < 1.29 is 18.8 Å². The van der Waals surface area contributed by atoms with E-state index in [1.807, 2.05) is 85.4 Å². The van der Waals surface area contributed by atoms with Crippen LogP contribution >= 0.6 is 0 Å². The average molecular weight is 419 g/mol. The van der Waals surface area contributed by atoms with E-state index < -0.39 is 6.04 Å². The molecule has 1 aliphatic heterocycles. The van der Waals surface area contributed by atoms with Gasteiger partial charge in [0.05, 0.1) is 6.54 Å². The Bertz CT molecular complexity index is 1110. The van der Waals surface area contributed by atoms with Crippen molar-refractivity contribution in [2.75, 3.05) is 6.79 Å². The highest BCUT2D eigenvalue weighted by Gasteiger charge is 2.28. The third-order valence-corrected chi connectivity index (χ3v) is 5.52. The summed E-state index contributed by atoms with van der Waals surface area (Å²) in [6.45, 7) is 4.61. The Hall–Kier alpha value is -3.25. The van der Waals surface area contributed by atoms with E-state index in [1.54, 1.807) is 0 Å². The van der Waals surface area contributed by atoms with Gasteiger partial charge in [-0.15, -0.1) is 0 Å². The zero-order valence-electron chi connectivity index (χ0n) is 16.9. The van der Waals surface area contributed by atoms with Gasteiger partial charge in [-0.1, -0.05) is 24.3 Å². The van der Waals surface area contributed by atoms with Gasteiger partial charge in [0.2, 0.25) is 18.6 Å². The maximum absolute atomic E-state index is 13.4. The molecule has 0 saturated carbocycles. The summed E-state index contributed by atoms with van der Waals surface area (Å²) in [5, 5.41) is 0.340. The molecule has 2 aromatic carbocycles. The standard InChI is InChI=1S/C24H22N2O3S/c1-16-6-8-19(12-17(16)2)23(27)22(26-10-4-3-5-11-26)24(30)25-14-18-7-9-20-21(13-18)29-15-28-20/h3-13,22H,14-15H2,1-2H3/t22-/m0/s1. The fourth-order valence-electron chi connectivity index (χ4n) is 3.31. The van der Waals surface area contributed by atoms with Crippen molar-refractivity contribution in [3.8, 4) is 11.5 Å². The molecule has 0 fully saturated rings. The van der Waals surface area contributed by atoms with Crippen molar-refractivity contribution in [1.82, 2.24) is 0 Å². The molecule has 2 heterocycles. The molecule has 30 heavy (non-hydrogen) atoms. The fourth-order valence-corrected chi connectivity index (χ4v) is 3.60. The monoisotopic (exact) mass is 418 g/mol. The van der Waals surface area contributed by atoms with Crippen LogP contribution in [0.2, 0.25) is 0 Å². The number of carbonyl (C=O) groups is 1. The molecule has 0 aliphatic carbocycles. The molecule has 0 N–H and O–H groups in total. The van der Waals surface area contributed by atoms with E-state index in [0.717, 1.165) is 22.4 Å². The Labute approximate surface area is 181 Å². The summed E-state index contributed by atoms with van der Waals surface area (Å²) < 4.78 is 12.6. The molecule has 1 aliphatic rings. The number of fused-ring (bicyclic) bond motifs is 1. The summed E-state index contributed by atoms with van der Waals surface area (Å²) in [4.78, 5) is 18.0.